The average molecular weight is 469 g/mol. The van der Waals surface area contributed by atoms with Crippen LogP contribution in [0, 0.1) is 0 Å². The van der Waals surface area contributed by atoms with Crippen LogP contribution in [0.25, 0.3) is 0 Å². The number of hydrogen-bond donors (Lipinski definition) is 2. The third-order valence-corrected chi connectivity index (χ3v) is 6.53. The van der Waals surface area contributed by atoms with Gasteiger partial charge in [-0.1, -0.05) is 48.2 Å². The minimum Gasteiger partial charge on any atom is -0.384 e. The molecule has 0 spiro atoms. The molecule has 0 radical (unpaired) electrons. The first-order valence-electron chi connectivity index (χ1n) is 9.67. The fraction of sp³-hybridized carbons (Fsp3) is 0.190. The topological polar surface area (TPSA) is 129 Å². The number of carbonyl (C=O) groups is 1. The number of H-pyrrole nitrogens is 1. The molecule has 1 aromatic carbocycles. The molecule has 164 valence electrons. The summed E-state index contributed by atoms with van der Waals surface area (Å²) in [6.07, 6.45) is 0.622. The predicted molar refractivity (Wildman–Crippen MR) is 124 cm³/mol. The lowest BCUT2D eigenvalue weighted by atomic mass is 10.2. The monoisotopic (exact) mass is 468 g/mol. The van der Waals surface area contributed by atoms with Crippen molar-refractivity contribution < 1.29 is 4.79 Å². The summed E-state index contributed by atoms with van der Waals surface area (Å²) in [6.45, 7) is 0.153. The van der Waals surface area contributed by atoms with Crippen molar-refractivity contribution in [3.05, 3.63) is 90.5 Å². The normalized spacial score (nSPS) is 11.0. The second-order valence-corrected chi connectivity index (χ2v) is 8.99. The number of rotatable bonds is 8. The van der Waals surface area contributed by atoms with Gasteiger partial charge in [0.15, 0.2) is 5.78 Å². The maximum atomic E-state index is 12.9. The number of nitrogens with one attached hydrogen (secondary N) is 1. The van der Waals surface area contributed by atoms with E-state index in [2.05, 4.69) is 15.2 Å². The van der Waals surface area contributed by atoms with Gasteiger partial charge in [-0.05, 0) is 17.0 Å². The minimum atomic E-state index is -0.712. The number of ketones is 1. The molecule has 3 heterocycles. The molecule has 11 heteroatoms. The summed E-state index contributed by atoms with van der Waals surface area (Å²) < 4.78 is 2.14. The highest BCUT2D eigenvalue weighted by Gasteiger charge is 2.22. The summed E-state index contributed by atoms with van der Waals surface area (Å²) in [6, 6.07) is 13.2. The van der Waals surface area contributed by atoms with Gasteiger partial charge in [0.2, 0.25) is 5.16 Å². The number of nitrogens with zero attached hydrogens (tertiary/aromatic N) is 4. The van der Waals surface area contributed by atoms with Gasteiger partial charge in [-0.3, -0.25) is 23.8 Å². The highest BCUT2D eigenvalue weighted by molar-refractivity contribution is 7.99. The average Bonchev–Trinajstić information content (AvgIpc) is 3.47. The molecule has 9 nitrogen and oxygen atoms in total. The first kappa shape index (κ1) is 21.8. The zero-order chi connectivity index (χ0) is 22.7. The van der Waals surface area contributed by atoms with E-state index in [1.54, 1.807) is 11.3 Å². The quantitative estimate of drug-likeness (QED) is 0.299. The van der Waals surface area contributed by atoms with E-state index in [0.717, 1.165) is 26.8 Å². The number of hydrogen-bond acceptors (Lipinski definition) is 8. The van der Waals surface area contributed by atoms with Crippen molar-refractivity contribution in [2.45, 2.75) is 18.1 Å². The summed E-state index contributed by atoms with van der Waals surface area (Å²) in [5.41, 5.74) is 5.47. The standard InChI is InChI=1S/C21H20N6O3S2/c1-26-19(29)17(18(22)27(21(26)30)11-13-6-3-2-4-7-13)15(28)12-32-20-23-16(24-25-20)10-14-8-5-9-31-14/h2-9H,10-12,22H2,1H3,(H,23,24,25). The zero-order valence-electron chi connectivity index (χ0n) is 17.1. The third kappa shape index (κ3) is 4.58. The number of anilines is 1. The lowest BCUT2D eigenvalue weighted by Crippen LogP contribution is -2.43. The van der Waals surface area contributed by atoms with Gasteiger partial charge in [0.1, 0.15) is 17.2 Å². The van der Waals surface area contributed by atoms with E-state index in [1.165, 1.54) is 11.6 Å². The fourth-order valence-electron chi connectivity index (χ4n) is 3.17. The molecule has 4 aromatic rings. The number of thiophene rings is 1. The van der Waals surface area contributed by atoms with Crippen molar-refractivity contribution in [1.82, 2.24) is 24.3 Å². The van der Waals surface area contributed by atoms with Crippen molar-refractivity contribution >= 4 is 34.7 Å². The molecule has 0 atom stereocenters. The van der Waals surface area contributed by atoms with E-state index in [-0.39, 0.29) is 23.7 Å². The number of aromatic nitrogens is 5. The van der Waals surface area contributed by atoms with Crippen LogP contribution in [0.1, 0.15) is 26.6 Å². The van der Waals surface area contributed by atoms with Crippen LogP contribution in [0.3, 0.4) is 0 Å². The van der Waals surface area contributed by atoms with Crippen LogP contribution < -0.4 is 17.0 Å². The molecule has 32 heavy (non-hydrogen) atoms. The first-order chi connectivity index (χ1) is 15.4. The summed E-state index contributed by atoms with van der Waals surface area (Å²) in [5, 5.41) is 9.37. The van der Waals surface area contributed by atoms with Crippen LogP contribution in [0.15, 0.2) is 62.6 Å². The Hall–Kier alpha value is -3.44. The minimum absolute atomic E-state index is 0.0841. The lowest BCUT2D eigenvalue weighted by molar-refractivity contribution is 0.102. The maximum absolute atomic E-state index is 12.9. The van der Waals surface area contributed by atoms with Crippen LogP contribution in [0.5, 0.6) is 0 Å². The molecule has 3 N–H and O–H groups in total. The number of benzene rings is 1. The van der Waals surface area contributed by atoms with Gasteiger partial charge < -0.3 is 5.73 Å². The highest BCUT2D eigenvalue weighted by atomic mass is 32.2. The Bertz CT molecular complexity index is 1360. The molecule has 0 bridgehead atoms. The van der Waals surface area contributed by atoms with Crippen LogP contribution in [-0.4, -0.2) is 35.9 Å². The van der Waals surface area contributed by atoms with Crippen LogP contribution in [0.4, 0.5) is 5.82 Å². The summed E-state index contributed by atoms with van der Waals surface area (Å²) >= 11 is 2.73. The molecule has 0 aliphatic heterocycles. The molecular weight excluding hydrogens is 448 g/mol. The van der Waals surface area contributed by atoms with Gasteiger partial charge >= 0.3 is 5.69 Å². The van der Waals surface area contributed by atoms with E-state index >= 15 is 0 Å². The maximum Gasteiger partial charge on any atom is 0.332 e. The molecular formula is C21H20N6O3S2. The second kappa shape index (κ2) is 9.37. The number of carbonyl (C=O) groups excluding carboxylic acids is 1. The zero-order valence-corrected chi connectivity index (χ0v) is 18.8. The SMILES string of the molecule is Cn1c(=O)c(C(=O)CSc2n[nH]c(Cc3cccs3)n2)c(N)n(Cc2ccccc2)c1=O. The van der Waals surface area contributed by atoms with Crippen molar-refractivity contribution in [3.63, 3.8) is 0 Å². The molecule has 4 rings (SSSR count). The number of nitrogens with two attached hydrogens (primary N) is 1. The Morgan fingerprint density at radius 2 is 1.97 bits per heavy atom. The molecule has 0 saturated heterocycles. The Balaban J connectivity index is 1.54. The Morgan fingerprint density at radius 1 is 1.19 bits per heavy atom. The van der Waals surface area contributed by atoms with Crippen molar-refractivity contribution in [3.8, 4) is 0 Å². The number of Topliss-reactive ketones (excluding diaryl/α,β-unsaturated/α-hetero) is 1. The van der Waals surface area contributed by atoms with Gasteiger partial charge in [-0.15, -0.1) is 16.4 Å². The van der Waals surface area contributed by atoms with Crippen molar-refractivity contribution in [2.24, 2.45) is 7.05 Å². The first-order valence-corrected chi connectivity index (χ1v) is 11.5. The van der Waals surface area contributed by atoms with E-state index < -0.39 is 17.0 Å². The number of nitrogen functional groups attached to an aromatic ring is 1. The number of thioether (sulfide) groups is 1. The number of aromatic amines is 1. The van der Waals surface area contributed by atoms with Gasteiger partial charge in [-0.25, -0.2) is 9.78 Å². The molecule has 3 aromatic heterocycles. The smallest absolute Gasteiger partial charge is 0.332 e. The van der Waals surface area contributed by atoms with Crippen molar-refractivity contribution in [1.29, 1.82) is 0 Å². The molecule has 0 amide bonds. The third-order valence-electron chi connectivity index (χ3n) is 4.81. The van der Waals surface area contributed by atoms with Crippen LogP contribution in [-0.2, 0) is 20.0 Å². The second-order valence-electron chi connectivity index (χ2n) is 7.01. The van der Waals surface area contributed by atoms with E-state index in [9.17, 15) is 14.4 Å². The molecule has 0 saturated carbocycles. The van der Waals surface area contributed by atoms with Gasteiger partial charge in [0.05, 0.1) is 12.3 Å². The molecule has 0 unspecified atom stereocenters. The fourth-order valence-corrected chi connectivity index (χ4v) is 4.56. The molecule has 0 fully saturated rings. The van der Waals surface area contributed by atoms with Crippen LogP contribution in [0.2, 0.25) is 0 Å². The molecule has 0 aliphatic rings. The predicted octanol–water partition coefficient (Wildman–Crippen LogP) is 1.92. The molecule has 0 aliphatic carbocycles. The van der Waals surface area contributed by atoms with E-state index in [0.29, 0.717) is 17.4 Å². The van der Waals surface area contributed by atoms with E-state index in [4.69, 9.17) is 5.73 Å². The van der Waals surface area contributed by atoms with Crippen LogP contribution >= 0.6 is 23.1 Å². The van der Waals surface area contributed by atoms with Gasteiger partial charge in [0.25, 0.3) is 5.56 Å². The summed E-state index contributed by atoms with van der Waals surface area (Å²) in [7, 11) is 1.33. The highest BCUT2D eigenvalue weighted by Crippen LogP contribution is 2.18. The van der Waals surface area contributed by atoms with Gasteiger partial charge in [-0.2, -0.15) is 0 Å². The summed E-state index contributed by atoms with van der Waals surface area (Å²) in [5.74, 6) is -0.0195. The van der Waals surface area contributed by atoms with Crippen molar-refractivity contribution in [2.75, 3.05) is 11.5 Å². The summed E-state index contributed by atoms with van der Waals surface area (Å²) in [4.78, 5) is 43.7. The van der Waals surface area contributed by atoms with Gasteiger partial charge in [0, 0.05) is 18.3 Å². The van der Waals surface area contributed by atoms with E-state index in [1.807, 2.05) is 47.8 Å². The lowest BCUT2D eigenvalue weighted by Gasteiger charge is -2.14. The Kier molecular flexibility index (Phi) is 6.37. The Labute approximate surface area is 190 Å². The Morgan fingerprint density at radius 3 is 2.69 bits per heavy atom. The largest absolute Gasteiger partial charge is 0.384 e.